The van der Waals surface area contributed by atoms with Gasteiger partial charge in [-0.1, -0.05) is 19.1 Å². The van der Waals surface area contributed by atoms with E-state index in [4.69, 9.17) is 0 Å². The average molecular weight is 199 g/mol. The molecular formula is C10H14FNS. The SMILES string of the molecule is CCNCSCc1ccc(F)cc1. The quantitative estimate of drug-likeness (QED) is 0.578. The third kappa shape index (κ3) is 4.29. The molecule has 0 aliphatic carbocycles. The molecule has 1 N–H and O–H groups in total. The number of hydrogen-bond donors (Lipinski definition) is 1. The Labute approximate surface area is 82.7 Å². The standard InChI is InChI=1S/C10H14FNS/c1-2-12-8-13-7-9-3-5-10(11)6-4-9/h3-6,12H,2,7-8H2,1H3. The van der Waals surface area contributed by atoms with E-state index in [1.54, 1.807) is 11.8 Å². The van der Waals surface area contributed by atoms with Crippen LogP contribution >= 0.6 is 11.8 Å². The van der Waals surface area contributed by atoms with Gasteiger partial charge in [-0.3, -0.25) is 0 Å². The van der Waals surface area contributed by atoms with Gasteiger partial charge in [0.2, 0.25) is 0 Å². The van der Waals surface area contributed by atoms with Crippen LogP contribution in [-0.4, -0.2) is 12.4 Å². The van der Waals surface area contributed by atoms with Crippen molar-refractivity contribution in [3.8, 4) is 0 Å². The molecule has 72 valence electrons. The summed E-state index contributed by atoms with van der Waals surface area (Å²) >= 11 is 1.80. The summed E-state index contributed by atoms with van der Waals surface area (Å²) in [6.45, 7) is 3.08. The molecule has 0 aliphatic rings. The van der Waals surface area contributed by atoms with Crippen molar-refractivity contribution in [2.24, 2.45) is 0 Å². The van der Waals surface area contributed by atoms with Gasteiger partial charge in [-0.2, -0.15) is 0 Å². The summed E-state index contributed by atoms with van der Waals surface area (Å²) in [6.07, 6.45) is 0. The van der Waals surface area contributed by atoms with Crippen molar-refractivity contribution in [2.75, 3.05) is 12.4 Å². The van der Waals surface area contributed by atoms with Gasteiger partial charge in [-0.15, -0.1) is 11.8 Å². The molecule has 0 saturated heterocycles. The molecule has 0 fully saturated rings. The molecule has 0 bridgehead atoms. The summed E-state index contributed by atoms with van der Waals surface area (Å²) < 4.78 is 12.5. The molecule has 0 unspecified atom stereocenters. The van der Waals surface area contributed by atoms with Crippen molar-refractivity contribution in [3.05, 3.63) is 35.6 Å². The number of thioether (sulfide) groups is 1. The Morgan fingerprint density at radius 3 is 2.62 bits per heavy atom. The van der Waals surface area contributed by atoms with Gasteiger partial charge in [0.15, 0.2) is 0 Å². The number of halogens is 1. The molecule has 1 aromatic rings. The van der Waals surface area contributed by atoms with Crippen LogP contribution in [0.25, 0.3) is 0 Å². The topological polar surface area (TPSA) is 12.0 Å². The van der Waals surface area contributed by atoms with Crippen LogP contribution in [0.1, 0.15) is 12.5 Å². The zero-order valence-corrected chi connectivity index (χ0v) is 8.53. The van der Waals surface area contributed by atoms with Crippen molar-refractivity contribution in [1.82, 2.24) is 5.32 Å². The Bertz CT molecular complexity index is 235. The second-order valence-electron chi connectivity index (χ2n) is 2.72. The molecule has 3 heteroatoms. The molecule has 0 atom stereocenters. The molecule has 0 aliphatic heterocycles. The van der Waals surface area contributed by atoms with Crippen LogP contribution in [0.2, 0.25) is 0 Å². The molecule has 1 aromatic carbocycles. The van der Waals surface area contributed by atoms with Crippen LogP contribution in [0, 0.1) is 5.82 Å². The molecule has 13 heavy (non-hydrogen) atoms. The minimum atomic E-state index is -0.166. The fourth-order valence-electron chi connectivity index (χ4n) is 0.924. The molecular weight excluding hydrogens is 185 g/mol. The van der Waals surface area contributed by atoms with Gasteiger partial charge in [0.25, 0.3) is 0 Å². The number of rotatable bonds is 5. The van der Waals surface area contributed by atoms with E-state index in [0.717, 1.165) is 18.2 Å². The fourth-order valence-corrected chi connectivity index (χ4v) is 1.80. The second kappa shape index (κ2) is 6.00. The Morgan fingerprint density at radius 2 is 2.00 bits per heavy atom. The summed E-state index contributed by atoms with van der Waals surface area (Å²) in [5, 5.41) is 3.22. The number of hydrogen-bond acceptors (Lipinski definition) is 2. The monoisotopic (exact) mass is 199 g/mol. The minimum Gasteiger partial charge on any atom is -0.308 e. The van der Waals surface area contributed by atoms with Gasteiger partial charge in [0.05, 0.1) is 0 Å². The highest BCUT2D eigenvalue weighted by atomic mass is 32.2. The van der Waals surface area contributed by atoms with Gasteiger partial charge in [-0.25, -0.2) is 4.39 Å². The zero-order valence-electron chi connectivity index (χ0n) is 7.72. The largest absolute Gasteiger partial charge is 0.308 e. The highest BCUT2D eigenvalue weighted by molar-refractivity contribution is 7.98. The van der Waals surface area contributed by atoms with E-state index in [0.29, 0.717) is 0 Å². The Balaban J connectivity index is 2.25. The highest BCUT2D eigenvalue weighted by Gasteiger charge is 1.93. The van der Waals surface area contributed by atoms with E-state index in [-0.39, 0.29) is 5.82 Å². The maximum atomic E-state index is 12.5. The van der Waals surface area contributed by atoms with Crippen LogP contribution in [0.15, 0.2) is 24.3 Å². The molecule has 0 saturated carbocycles. The van der Waals surface area contributed by atoms with E-state index in [9.17, 15) is 4.39 Å². The minimum absolute atomic E-state index is 0.166. The second-order valence-corrected chi connectivity index (χ2v) is 3.71. The lowest BCUT2D eigenvalue weighted by Crippen LogP contribution is -2.10. The third-order valence-electron chi connectivity index (χ3n) is 1.64. The van der Waals surface area contributed by atoms with Gasteiger partial charge in [0, 0.05) is 11.6 Å². The first-order valence-electron chi connectivity index (χ1n) is 4.36. The Morgan fingerprint density at radius 1 is 1.31 bits per heavy atom. The van der Waals surface area contributed by atoms with Gasteiger partial charge in [-0.05, 0) is 24.2 Å². The lowest BCUT2D eigenvalue weighted by Gasteiger charge is -2.01. The van der Waals surface area contributed by atoms with Crippen molar-refractivity contribution < 1.29 is 4.39 Å². The van der Waals surface area contributed by atoms with Crippen LogP contribution in [0.5, 0.6) is 0 Å². The normalized spacial score (nSPS) is 10.3. The lowest BCUT2D eigenvalue weighted by atomic mass is 10.2. The molecule has 1 rings (SSSR count). The van der Waals surface area contributed by atoms with Crippen LogP contribution in [0.4, 0.5) is 4.39 Å². The first kappa shape index (κ1) is 10.5. The predicted molar refractivity (Wildman–Crippen MR) is 56.2 cm³/mol. The zero-order chi connectivity index (χ0) is 9.52. The van der Waals surface area contributed by atoms with Crippen LogP contribution < -0.4 is 5.32 Å². The third-order valence-corrected chi connectivity index (χ3v) is 2.58. The van der Waals surface area contributed by atoms with Crippen molar-refractivity contribution >= 4 is 11.8 Å². The van der Waals surface area contributed by atoms with E-state index >= 15 is 0 Å². The lowest BCUT2D eigenvalue weighted by molar-refractivity contribution is 0.627. The summed E-state index contributed by atoms with van der Waals surface area (Å²) in [7, 11) is 0. The van der Waals surface area contributed by atoms with Crippen molar-refractivity contribution in [3.63, 3.8) is 0 Å². The number of nitrogens with one attached hydrogen (secondary N) is 1. The molecule has 0 heterocycles. The van der Waals surface area contributed by atoms with Crippen molar-refractivity contribution in [1.29, 1.82) is 0 Å². The Hall–Kier alpha value is -0.540. The van der Waals surface area contributed by atoms with Gasteiger partial charge < -0.3 is 5.32 Å². The van der Waals surface area contributed by atoms with Crippen LogP contribution in [-0.2, 0) is 5.75 Å². The fraction of sp³-hybridized carbons (Fsp3) is 0.400. The molecule has 0 radical (unpaired) electrons. The molecule has 0 spiro atoms. The smallest absolute Gasteiger partial charge is 0.123 e. The number of benzene rings is 1. The van der Waals surface area contributed by atoms with E-state index in [1.165, 1.54) is 17.7 Å². The average Bonchev–Trinajstić information content (AvgIpc) is 2.15. The van der Waals surface area contributed by atoms with E-state index in [2.05, 4.69) is 12.2 Å². The Kier molecular flexibility index (Phi) is 4.86. The maximum Gasteiger partial charge on any atom is 0.123 e. The molecule has 0 aromatic heterocycles. The maximum absolute atomic E-state index is 12.5. The van der Waals surface area contributed by atoms with Crippen molar-refractivity contribution in [2.45, 2.75) is 12.7 Å². The van der Waals surface area contributed by atoms with E-state index < -0.39 is 0 Å². The van der Waals surface area contributed by atoms with Gasteiger partial charge in [0.1, 0.15) is 5.82 Å². The molecule has 1 nitrogen and oxygen atoms in total. The highest BCUT2D eigenvalue weighted by Crippen LogP contribution is 2.11. The van der Waals surface area contributed by atoms with Gasteiger partial charge >= 0.3 is 0 Å². The summed E-state index contributed by atoms with van der Waals surface area (Å²) in [6, 6.07) is 6.66. The molecule has 0 amide bonds. The summed E-state index contributed by atoms with van der Waals surface area (Å²) in [4.78, 5) is 0. The first-order chi connectivity index (χ1) is 6.33. The van der Waals surface area contributed by atoms with E-state index in [1.807, 2.05) is 12.1 Å². The summed E-state index contributed by atoms with van der Waals surface area (Å²) in [5.74, 6) is 1.72. The first-order valence-corrected chi connectivity index (χ1v) is 5.51. The van der Waals surface area contributed by atoms with Crippen LogP contribution in [0.3, 0.4) is 0 Å². The summed E-state index contributed by atoms with van der Waals surface area (Å²) in [5.41, 5.74) is 1.17. The predicted octanol–water partition coefficient (Wildman–Crippen LogP) is 2.63.